The van der Waals surface area contributed by atoms with Gasteiger partial charge in [0.25, 0.3) is 5.91 Å². The van der Waals surface area contributed by atoms with Crippen molar-refractivity contribution >= 4 is 23.4 Å². The van der Waals surface area contributed by atoms with Crippen LogP contribution >= 0.6 is 11.6 Å². The molecular weight excluding hydrogens is 362 g/mol. The van der Waals surface area contributed by atoms with Crippen LogP contribution < -0.4 is 5.32 Å². The van der Waals surface area contributed by atoms with Crippen LogP contribution in [0.25, 0.3) is 0 Å². The first-order valence-electron chi connectivity index (χ1n) is 9.16. The Balaban J connectivity index is 1.50. The van der Waals surface area contributed by atoms with Crippen molar-refractivity contribution in [3.8, 4) is 0 Å². The van der Waals surface area contributed by atoms with E-state index in [1.54, 1.807) is 17.0 Å². The van der Waals surface area contributed by atoms with Gasteiger partial charge in [-0.15, -0.1) is 0 Å². The fraction of sp³-hybridized carbons (Fsp3) is 0.333. The molecule has 0 aliphatic carbocycles. The Morgan fingerprint density at radius 3 is 2.30 bits per heavy atom. The van der Waals surface area contributed by atoms with Gasteiger partial charge in [0, 0.05) is 32.7 Å². The van der Waals surface area contributed by atoms with E-state index in [0.717, 1.165) is 5.56 Å². The Bertz CT molecular complexity index is 789. The Kier molecular flexibility index (Phi) is 6.48. The summed E-state index contributed by atoms with van der Waals surface area (Å²) in [4.78, 5) is 29.0. The number of hydrogen-bond donors (Lipinski definition) is 1. The number of amides is 2. The molecule has 142 valence electrons. The quantitative estimate of drug-likeness (QED) is 0.861. The molecule has 1 aliphatic rings. The summed E-state index contributed by atoms with van der Waals surface area (Å²) >= 11 is 6.13. The van der Waals surface area contributed by atoms with E-state index in [4.69, 9.17) is 11.6 Å². The number of halogens is 1. The summed E-state index contributed by atoms with van der Waals surface area (Å²) in [5.41, 5.74) is 1.61. The lowest BCUT2D eigenvalue weighted by Crippen LogP contribution is -2.54. The molecular formula is C21H24ClN3O2. The second kappa shape index (κ2) is 9.02. The third-order valence-electron chi connectivity index (χ3n) is 4.94. The van der Waals surface area contributed by atoms with Crippen LogP contribution in [0.2, 0.25) is 5.02 Å². The molecule has 2 amide bonds. The van der Waals surface area contributed by atoms with Gasteiger partial charge >= 0.3 is 0 Å². The van der Waals surface area contributed by atoms with E-state index in [0.29, 0.717) is 43.3 Å². The molecule has 6 heteroatoms. The molecule has 2 aromatic carbocycles. The lowest BCUT2D eigenvalue weighted by Gasteiger charge is -2.37. The highest BCUT2D eigenvalue weighted by Crippen LogP contribution is 2.18. The van der Waals surface area contributed by atoms with Gasteiger partial charge in [0.15, 0.2) is 0 Å². The minimum Gasteiger partial charge on any atom is -0.351 e. The van der Waals surface area contributed by atoms with E-state index < -0.39 is 0 Å². The van der Waals surface area contributed by atoms with E-state index in [1.165, 1.54) is 0 Å². The van der Waals surface area contributed by atoms with Gasteiger partial charge in [-0.1, -0.05) is 54.1 Å². The minimum atomic E-state index is -0.230. The predicted molar refractivity (Wildman–Crippen MR) is 107 cm³/mol. The van der Waals surface area contributed by atoms with Crippen LogP contribution in [0.1, 0.15) is 22.8 Å². The predicted octanol–water partition coefficient (Wildman–Crippen LogP) is 2.80. The van der Waals surface area contributed by atoms with Crippen molar-refractivity contribution < 1.29 is 9.59 Å². The first kappa shape index (κ1) is 19.4. The Labute approximate surface area is 164 Å². The van der Waals surface area contributed by atoms with E-state index in [9.17, 15) is 9.59 Å². The van der Waals surface area contributed by atoms with Crippen LogP contribution in [-0.4, -0.2) is 53.8 Å². The van der Waals surface area contributed by atoms with E-state index in [-0.39, 0.29) is 17.9 Å². The van der Waals surface area contributed by atoms with Crippen LogP contribution in [-0.2, 0) is 11.3 Å². The topological polar surface area (TPSA) is 52.7 Å². The summed E-state index contributed by atoms with van der Waals surface area (Å²) in [6.07, 6.45) is 0. The fourth-order valence-corrected chi connectivity index (χ4v) is 3.43. The maximum absolute atomic E-state index is 12.6. The van der Waals surface area contributed by atoms with Crippen molar-refractivity contribution in [2.75, 3.05) is 26.2 Å². The normalized spacial score (nSPS) is 16.0. The summed E-state index contributed by atoms with van der Waals surface area (Å²) in [7, 11) is 0. The highest BCUT2D eigenvalue weighted by Gasteiger charge is 2.28. The molecule has 1 atom stereocenters. The van der Waals surface area contributed by atoms with Crippen LogP contribution in [0.15, 0.2) is 54.6 Å². The largest absolute Gasteiger partial charge is 0.351 e. The van der Waals surface area contributed by atoms with E-state index in [2.05, 4.69) is 10.2 Å². The average Bonchev–Trinajstić information content (AvgIpc) is 2.72. The summed E-state index contributed by atoms with van der Waals surface area (Å²) in [5.74, 6) is -0.0498. The summed E-state index contributed by atoms with van der Waals surface area (Å²) in [6, 6.07) is 16.7. The van der Waals surface area contributed by atoms with Gasteiger partial charge in [-0.25, -0.2) is 0 Å². The van der Waals surface area contributed by atoms with Gasteiger partial charge < -0.3 is 10.2 Å². The molecule has 0 aromatic heterocycles. The summed E-state index contributed by atoms with van der Waals surface area (Å²) in [5, 5.41) is 3.46. The number of rotatable bonds is 5. The van der Waals surface area contributed by atoms with Gasteiger partial charge in [-0.05, 0) is 24.6 Å². The van der Waals surface area contributed by atoms with Crippen LogP contribution in [0.5, 0.6) is 0 Å². The number of carbonyl (C=O) groups is 2. The maximum atomic E-state index is 12.6. The molecule has 1 saturated heterocycles. The molecule has 0 spiro atoms. The number of benzene rings is 2. The minimum absolute atomic E-state index is 0.00438. The SMILES string of the molecule is C[C@@H](C(=O)NCc1ccccc1)N1CCN(C(=O)c2ccccc2Cl)CC1. The molecule has 5 nitrogen and oxygen atoms in total. The molecule has 0 bridgehead atoms. The molecule has 3 rings (SSSR count). The van der Waals surface area contributed by atoms with Gasteiger partial charge in [-0.3, -0.25) is 14.5 Å². The Morgan fingerprint density at radius 2 is 1.63 bits per heavy atom. The van der Waals surface area contributed by atoms with E-state index >= 15 is 0 Å². The molecule has 1 heterocycles. The Morgan fingerprint density at radius 1 is 1.00 bits per heavy atom. The summed E-state index contributed by atoms with van der Waals surface area (Å²) in [6.45, 7) is 4.92. The van der Waals surface area contributed by atoms with Crippen molar-refractivity contribution in [3.63, 3.8) is 0 Å². The number of nitrogens with zero attached hydrogens (tertiary/aromatic N) is 2. The lowest BCUT2D eigenvalue weighted by molar-refractivity contribution is -0.126. The number of carbonyl (C=O) groups excluding carboxylic acids is 2. The third-order valence-corrected chi connectivity index (χ3v) is 5.27. The van der Waals surface area contributed by atoms with Crippen molar-refractivity contribution in [3.05, 3.63) is 70.7 Å². The van der Waals surface area contributed by atoms with Crippen molar-refractivity contribution in [2.45, 2.75) is 19.5 Å². The highest BCUT2D eigenvalue weighted by molar-refractivity contribution is 6.33. The number of piperazine rings is 1. The second-order valence-electron chi connectivity index (χ2n) is 6.69. The Hall–Kier alpha value is -2.37. The molecule has 0 radical (unpaired) electrons. The van der Waals surface area contributed by atoms with Gasteiger partial charge in [0.1, 0.15) is 0 Å². The molecule has 27 heavy (non-hydrogen) atoms. The van der Waals surface area contributed by atoms with Crippen LogP contribution in [0, 0.1) is 0 Å². The zero-order chi connectivity index (χ0) is 19.2. The van der Waals surface area contributed by atoms with Crippen LogP contribution in [0.4, 0.5) is 0 Å². The number of hydrogen-bond acceptors (Lipinski definition) is 3. The second-order valence-corrected chi connectivity index (χ2v) is 7.09. The average molecular weight is 386 g/mol. The maximum Gasteiger partial charge on any atom is 0.255 e. The smallest absolute Gasteiger partial charge is 0.255 e. The molecule has 1 aliphatic heterocycles. The van der Waals surface area contributed by atoms with Gasteiger partial charge in [0.05, 0.1) is 16.6 Å². The van der Waals surface area contributed by atoms with E-state index in [1.807, 2.05) is 49.4 Å². The van der Waals surface area contributed by atoms with Crippen LogP contribution in [0.3, 0.4) is 0 Å². The van der Waals surface area contributed by atoms with Crippen molar-refractivity contribution in [1.82, 2.24) is 15.1 Å². The fourth-order valence-electron chi connectivity index (χ4n) is 3.22. The molecule has 0 unspecified atom stereocenters. The monoisotopic (exact) mass is 385 g/mol. The first-order valence-corrected chi connectivity index (χ1v) is 9.53. The van der Waals surface area contributed by atoms with Crippen molar-refractivity contribution in [1.29, 1.82) is 0 Å². The zero-order valence-corrected chi connectivity index (χ0v) is 16.2. The van der Waals surface area contributed by atoms with Crippen molar-refractivity contribution in [2.24, 2.45) is 0 Å². The lowest BCUT2D eigenvalue weighted by atomic mass is 10.1. The standard InChI is InChI=1S/C21H24ClN3O2/c1-16(20(26)23-15-17-7-3-2-4-8-17)24-11-13-25(14-12-24)21(27)18-9-5-6-10-19(18)22/h2-10,16H,11-15H2,1H3,(H,23,26)/t16-/m0/s1. The molecule has 2 aromatic rings. The summed E-state index contributed by atoms with van der Waals surface area (Å²) < 4.78 is 0. The van der Waals surface area contributed by atoms with Gasteiger partial charge in [0.2, 0.25) is 5.91 Å². The third kappa shape index (κ3) is 4.87. The zero-order valence-electron chi connectivity index (χ0n) is 15.4. The molecule has 0 saturated carbocycles. The molecule has 1 N–H and O–H groups in total. The molecule has 1 fully saturated rings. The number of nitrogens with one attached hydrogen (secondary N) is 1. The first-order chi connectivity index (χ1) is 13.1. The highest BCUT2D eigenvalue weighted by atomic mass is 35.5. The van der Waals surface area contributed by atoms with Gasteiger partial charge in [-0.2, -0.15) is 0 Å².